The van der Waals surface area contributed by atoms with Crippen LogP contribution in [0.5, 0.6) is 5.75 Å². The quantitative estimate of drug-likeness (QED) is 0.879. The van der Waals surface area contributed by atoms with Crippen LogP contribution in [0.4, 0.5) is 5.69 Å². The van der Waals surface area contributed by atoms with Crippen LogP contribution >= 0.6 is 15.9 Å². The van der Waals surface area contributed by atoms with Crippen LogP contribution in [0.3, 0.4) is 0 Å². The Morgan fingerprint density at radius 3 is 2.95 bits per heavy atom. The molecule has 1 unspecified atom stereocenters. The number of para-hydroxylation sites is 1. The number of ether oxygens (including phenoxy) is 2. The second kappa shape index (κ2) is 6.50. The van der Waals surface area contributed by atoms with Crippen molar-refractivity contribution in [2.75, 3.05) is 25.6 Å². The van der Waals surface area contributed by atoms with E-state index in [1.54, 1.807) is 7.11 Å². The molecule has 0 bridgehead atoms. The molecule has 0 aromatic heterocycles. The molecule has 1 N–H and O–H groups in total. The SMILES string of the molecule is COCc1c(Br)cccc1NCC1COc2ccccc21. The van der Waals surface area contributed by atoms with Crippen molar-refractivity contribution >= 4 is 21.6 Å². The number of anilines is 1. The smallest absolute Gasteiger partial charge is 0.122 e. The first kappa shape index (κ1) is 14.4. The van der Waals surface area contributed by atoms with Crippen molar-refractivity contribution in [1.29, 1.82) is 0 Å². The third-order valence-electron chi connectivity index (χ3n) is 3.75. The minimum Gasteiger partial charge on any atom is -0.493 e. The van der Waals surface area contributed by atoms with Crippen LogP contribution in [0.2, 0.25) is 0 Å². The molecule has 1 aliphatic heterocycles. The lowest BCUT2D eigenvalue weighted by Gasteiger charge is -2.16. The van der Waals surface area contributed by atoms with Crippen LogP contribution in [0.15, 0.2) is 46.9 Å². The molecule has 0 radical (unpaired) electrons. The summed E-state index contributed by atoms with van der Waals surface area (Å²) in [6.07, 6.45) is 0. The van der Waals surface area contributed by atoms with Gasteiger partial charge in [-0.25, -0.2) is 0 Å². The molecular formula is C17H18BrNO2. The van der Waals surface area contributed by atoms with E-state index in [-0.39, 0.29) is 0 Å². The minimum absolute atomic E-state index is 0.385. The summed E-state index contributed by atoms with van der Waals surface area (Å²) in [7, 11) is 1.71. The van der Waals surface area contributed by atoms with Gasteiger partial charge in [0.15, 0.2) is 0 Å². The number of rotatable bonds is 5. The van der Waals surface area contributed by atoms with Crippen molar-refractivity contribution < 1.29 is 9.47 Å². The molecule has 1 heterocycles. The molecular weight excluding hydrogens is 330 g/mol. The van der Waals surface area contributed by atoms with Gasteiger partial charge in [0.25, 0.3) is 0 Å². The molecule has 0 saturated heterocycles. The standard InChI is InChI=1S/C17H18BrNO2/c1-20-11-14-15(18)6-4-7-16(14)19-9-12-10-21-17-8-3-2-5-13(12)17/h2-8,12,19H,9-11H2,1H3. The van der Waals surface area contributed by atoms with Crippen LogP contribution < -0.4 is 10.1 Å². The van der Waals surface area contributed by atoms with Crippen molar-refractivity contribution in [2.24, 2.45) is 0 Å². The minimum atomic E-state index is 0.385. The Balaban J connectivity index is 1.73. The average Bonchev–Trinajstić information content (AvgIpc) is 2.91. The first-order chi connectivity index (χ1) is 10.3. The molecule has 0 saturated carbocycles. The van der Waals surface area contributed by atoms with E-state index in [9.17, 15) is 0 Å². The van der Waals surface area contributed by atoms with Crippen molar-refractivity contribution in [3.8, 4) is 5.75 Å². The fourth-order valence-electron chi connectivity index (χ4n) is 2.65. The number of hydrogen-bond donors (Lipinski definition) is 1. The second-order valence-corrected chi connectivity index (χ2v) is 5.98. The van der Waals surface area contributed by atoms with Crippen molar-refractivity contribution in [3.63, 3.8) is 0 Å². The van der Waals surface area contributed by atoms with E-state index in [0.29, 0.717) is 12.5 Å². The fraction of sp³-hybridized carbons (Fsp3) is 0.294. The van der Waals surface area contributed by atoms with Gasteiger partial charge in [-0.1, -0.05) is 40.2 Å². The molecule has 0 fully saturated rings. The van der Waals surface area contributed by atoms with Gasteiger partial charge in [-0.2, -0.15) is 0 Å². The maximum absolute atomic E-state index is 5.73. The van der Waals surface area contributed by atoms with Crippen molar-refractivity contribution in [2.45, 2.75) is 12.5 Å². The Labute approximate surface area is 133 Å². The third-order valence-corrected chi connectivity index (χ3v) is 4.49. The first-order valence-corrected chi connectivity index (χ1v) is 7.81. The van der Waals surface area contributed by atoms with Gasteiger partial charge in [-0.05, 0) is 18.2 Å². The maximum atomic E-state index is 5.73. The van der Waals surface area contributed by atoms with Gasteiger partial charge in [-0.3, -0.25) is 0 Å². The Morgan fingerprint density at radius 2 is 2.10 bits per heavy atom. The molecule has 1 aliphatic rings. The van der Waals surface area contributed by atoms with E-state index < -0.39 is 0 Å². The molecule has 2 aromatic carbocycles. The summed E-state index contributed by atoms with van der Waals surface area (Å²) in [5.74, 6) is 1.39. The molecule has 21 heavy (non-hydrogen) atoms. The Kier molecular flexibility index (Phi) is 4.46. The summed E-state index contributed by atoms with van der Waals surface area (Å²) in [6, 6.07) is 14.4. The molecule has 0 amide bonds. The summed E-state index contributed by atoms with van der Waals surface area (Å²) in [5, 5.41) is 3.53. The first-order valence-electron chi connectivity index (χ1n) is 7.01. The number of fused-ring (bicyclic) bond motifs is 1. The lowest BCUT2D eigenvalue weighted by molar-refractivity contribution is 0.185. The zero-order valence-electron chi connectivity index (χ0n) is 11.9. The summed E-state index contributed by atoms with van der Waals surface area (Å²) in [6.45, 7) is 2.17. The average molecular weight is 348 g/mol. The number of halogens is 1. The van der Waals surface area contributed by atoms with Gasteiger partial charge in [0.2, 0.25) is 0 Å². The fourth-order valence-corrected chi connectivity index (χ4v) is 3.13. The van der Waals surface area contributed by atoms with Crippen LogP contribution in [0, 0.1) is 0 Å². The Hall–Kier alpha value is -1.52. The molecule has 0 aliphatic carbocycles. The predicted molar refractivity (Wildman–Crippen MR) is 88.0 cm³/mol. The van der Waals surface area contributed by atoms with Gasteiger partial charge in [0.05, 0.1) is 13.2 Å². The predicted octanol–water partition coefficient (Wildman–Crippen LogP) is 4.18. The van der Waals surface area contributed by atoms with Crippen LogP contribution in [0.1, 0.15) is 17.0 Å². The number of hydrogen-bond acceptors (Lipinski definition) is 3. The van der Waals surface area contributed by atoms with Gasteiger partial charge < -0.3 is 14.8 Å². The summed E-state index contributed by atoms with van der Waals surface area (Å²) >= 11 is 3.58. The number of benzene rings is 2. The van der Waals surface area contributed by atoms with Gasteiger partial charge >= 0.3 is 0 Å². The lowest BCUT2D eigenvalue weighted by atomic mass is 10.0. The van der Waals surface area contributed by atoms with Crippen molar-refractivity contribution in [1.82, 2.24) is 0 Å². The van der Waals surface area contributed by atoms with E-state index in [4.69, 9.17) is 9.47 Å². The second-order valence-electron chi connectivity index (χ2n) is 5.13. The Morgan fingerprint density at radius 1 is 1.24 bits per heavy atom. The highest BCUT2D eigenvalue weighted by atomic mass is 79.9. The number of methoxy groups -OCH3 is 1. The number of nitrogens with one attached hydrogen (secondary N) is 1. The van der Waals surface area contributed by atoms with E-state index >= 15 is 0 Å². The summed E-state index contributed by atoms with van der Waals surface area (Å²) in [4.78, 5) is 0. The molecule has 110 valence electrons. The molecule has 3 rings (SSSR count). The highest BCUT2D eigenvalue weighted by Crippen LogP contribution is 2.34. The zero-order chi connectivity index (χ0) is 14.7. The normalized spacial score (nSPS) is 16.4. The molecule has 1 atom stereocenters. The monoisotopic (exact) mass is 347 g/mol. The van der Waals surface area contributed by atoms with E-state index in [1.165, 1.54) is 5.56 Å². The maximum Gasteiger partial charge on any atom is 0.122 e. The Bertz CT molecular complexity index is 630. The van der Waals surface area contributed by atoms with E-state index in [2.05, 4.69) is 39.4 Å². The van der Waals surface area contributed by atoms with E-state index in [1.807, 2.05) is 24.3 Å². The molecule has 2 aromatic rings. The summed E-state index contributed by atoms with van der Waals surface area (Å²) in [5.41, 5.74) is 3.54. The largest absolute Gasteiger partial charge is 0.493 e. The van der Waals surface area contributed by atoms with Crippen LogP contribution in [-0.2, 0) is 11.3 Å². The molecule has 3 nitrogen and oxygen atoms in total. The van der Waals surface area contributed by atoms with Gasteiger partial charge in [0.1, 0.15) is 5.75 Å². The highest BCUT2D eigenvalue weighted by molar-refractivity contribution is 9.10. The van der Waals surface area contributed by atoms with Gasteiger partial charge in [-0.15, -0.1) is 0 Å². The molecule has 4 heteroatoms. The third kappa shape index (κ3) is 3.06. The highest BCUT2D eigenvalue weighted by Gasteiger charge is 2.23. The van der Waals surface area contributed by atoms with Gasteiger partial charge in [0, 0.05) is 40.9 Å². The van der Waals surface area contributed by atoms with Crippen LogP contribution in [0.25, 0.3) is 0 Å². The lowest BCUT2D eigenvalue weighted by Crippen LogP contribution is -2.15. The zero-order valence-corrected chi connectivity index (χ0v) is 13.5. The molecule has 0 spiro atoms. The summed E-state index contributed by atoms with van der Waals surface area (Å²) < 4.78 is 12.1. The van der Waals surface area contributed by atoms with E-state index in [0.717, 1.165) is 34.6 Å². The van der Waals surface area contributed by atoms with Crippen molar-refractivity contribution in [3.05, 3.63) is 58.1 Å². The van der Waals surface area contributed by atoms with Crippen LogP contribution in [-0.4, -0.2) is 20.3 Å². The topological polar surface area (TPSA) is 30.5 Å².